The molecular weight excluding hydrogens is 280 g/mol. The highest BCUT2D eigenvalue weighted by Gasteiger charge is 2.02. The second-order valence-corrected chi connectivity index (χ2v) is 4.96. The van der Waals surface area contributed by atoms with Crippen LogP contribution in [0.3, 0.4) is 0 Å². The van der Waals surface area contributed by atoms with Crippen LogP contribution >= 0.6 is 0 Å². The van der Waals surface area contributed by atoms with Gasteiger partial charge in [0.15, 0.2) is 0 Å². The molecule has 0 aliphatic rings. The number of rotatable bonds is 9. The summed E-state index contributed by atoms with van der Waals surface area (Å²) in [5, 5.41) is 6.09. The minimum absolute atomic E-state index is 0.0188. The molecule has 0 radical (unpaired) electrons. The number of benzene rings is 1. The molecule has 1 aromatic carbocycles. The number of hydrogen-bond donors (Lipinski definition) is 2. The van der Waals surface area contributed by atoms with Gasteiger partial charge in [0.1, 0.15) is 11.5 Å². The van der Waals surface area contributed by atoms with E-state index < -0.39 is 0 Å². The van der Waals surface area contributed by atoms with Gasteiger partial charge in [-0.05, 0) is 42.8 Å². The SMILES string of the molecule is COc1cccc(CCNCCC(=O)NCc2ccco2)c1. The molecular formula is C17H22N2O3. The topological polar surface area (TPSA) is 63.5 Å². The largest absolute Gasteiger partial charge is 0.497 e. The molecule has 5 nitrogen and oxygen atoms in total. The first-order valence-electron chi connectivity index (χ1n) is 7.40. The molecule has 1 heterocycles. The number of amides is 1. The molecule has 0 atom stereocenters. The van der Waals surface area contributed by atoms with Crippen LogP contribution in [-0.4, -0.2) is 26.1 Å². The molecule has 2 N–H and O–H groups in total. The highest BCUT2D eigenvalue weighted by atomic mass is 16.5. The number of hydrogen-bond acceptors (Lipinski definition) is 4. The summed E-state index contributed by atoms with van der Waals surface area (Å²) >= 11 is 0. The van der Waals surface area contributed by atoms with Gasteiger partial charge in [0.2, 0.25) is 5.91 Å². The van der Waals surface area contributed by atoms with Crippen molar-refractivity contribution >= 4 is 5.91 Å². The first-order valence-corrected chi connectivity index (χ1v) is 7.40. The van der Waals surface area contributed by atoms with Crippen LogP contribution in [0.25, 0.3) is 0 Å². The molecule has 0 saturated carbocycles. The molecule has 0 bridgehead atoms. The Kier molecular flexibility index (Phi) is 6.51. The van der Waals surface area contributed by atoms with Crippen LogP contribution in [0, 0.1) is 0 Å². The maximum Gasteiger partial charge on any atom is 0.221 e. The maximum absolute atomic E-state index is 11.6. The molecule has 1 aromatic heterocycles. The summed E-state index contributed by atoms with van der Waals surface area (Å²) in [7, 11) is 1.67. The van der Waals surface area contributed by atoms with Crippen molar-refractivity contribution in [1.29, 1.82) is 0 Å². The minimum atomic E-state index is 0.0188. The van der Waals surface area contributed by atoms with Crippen molar-refractivity contribution in [3.63, 3.8) is 0 Å². The Hall–Kier alpha value is -2.27. The van der Waals surface area contributed by atoms with Gasteiger partial charge in [-0.2, -0.15) is 0 Å². The van der Waals surface area contributed by atoms with Crippen LogP contribution in [0.1, 0.15) is 17.7 Å². The van der Waals surface area contributed by atoms with Gasteiger partial charge >= 0.3 is 0 Å². The van der Waals surface area contributed by atoms with Crippen molar-refractivity contribution in [2.24, 2.45) is 0 Å². The van der Waals surface area contributed by atoms with Gasteiger partial charge in [0.25, 0.3) is 0 Å². The summed E-state index contributed by atoms with van der Waals surface area (Å²) < 4.78 is 10.3. The first kappa shape index (κ1) is 16.1. The average Bonchev–Trinajstić information content (AvgIpc) is 3.06. The van der Waals surface area contributed by atoms with E-state index in [1.54, 1.807) is 13.4 Å². The molecule has 0 unspecified atom stereocenters. The lowest BCUT2D eigenvalue weighted by atomic mass is 10.1. The number of nitrogens with one attached hydrogen (secondary N) is 2. The molecule has 2 aromatic rings. The number of carbonyl (C=O) groups excluding carboxylic acids is 1. The molecule has 2 rings (SSSR count). The summed E-state index contributed by atoms with van der Waals surface area (Å²) in [6, 6.07) is 11.7. The second kappa shape index (κ2) is 8.89. The Morgan fingerprint density at radius 2 is 2.14 bits per heavy atom. The van der Waals surface area contributed by atoms with E-state index in [1.807, 2.05) is 30.3 Å². The van der Waals surface area contributed by atoms with E-state index in [-0.39, 0.29) is 5.91 Å². The maximum atomic E-state index is 11.6. The van der Waals surface area contributed by atoms with Gasteiger partial charge in [-0.1, -0.05) is 12.1 Å². The Morgan fingerprint density at radius 3 is 2.91 bits per heavy atom. The number of methoxy groups -OCH3 is 1. The van der Waals surface area contributed by atoms with E-state index in [1.165, 1.54) is 5.56 Å². The fourth-order valence-corrected chi connectivity index (χ4v) is 2.07. The van der Waals surface area contributed by atoms with E-state index in [0.717, 1.165) is 24.5 Å². The second-order valence-electron chi connectivity index (χ2n) is 4.96. The zero-order valence-corrected chi connectivity index (χ0v) is 12.8. The summed E-state index contributed by atoms with van der Waals surface area (Å²) in [5.74, 6) is 1.65. The van der Waals surface area contributed by atoms with Crippen LogP contribution in [0.2, 0.25) is 0 Å². The summed E-state index contributed by atoms with van der Waals surface area (Å²) in [6.45, 7) is 1.93. The van der Waals surface area contributed by atoms with Gasteiger partial charge in [-0.25, -0.2) is 0 Å². The Morgan fingerprint density at radius 1 is 1.23 bits per heavy atom. The van der Waals surface area contributed by atoms with Crippen LogP contribution in [0.15, 0.2) is 47.1 Å². The van der Waals surface area contributed by atoms with Crippen LogP contribution in [0.4, 0.5) is 0 Å². The van der Waals surface area contributed by atoms with E-state index >= 15 is 0 Å². The van der Waals surface area contributed by atoms with Crippen molar-refractivity contribution in [1.82, 2.24) is 10.6 Å². The van der Waals surface area contributed by atoms with E-state index in [9.17, 15) is 4.79 Å². The number of furan rings is 1. The standard InChI is InChI=1S/C17H22N2O3/c1-21-15-5-2-4-14(12-15)7-9-18-10-8-17(20)19-13-16-6-3-11-22-16/h2-6,11-12,18H,7-10,13H2,1H3,(H,19,20). The van der Waals surface area contributed by atoms with Crippen LogP contribution in [0.5, 0.6) is 5.75 Å². The van der Waals surface area contributed by atoms with E-state index in [4.69, 9.17) is 9.15 Å². The summed E-state index contributed by atoms with van der Waals surface area (Å²) in [4.78, 5) is 11.6. The van der Waals surface area contributed by atoms with Crippen LogP contribution in [-0.2, 0) is 17.8 Å². The summed E-state index contributed by atoms with van der Waals surface area (Å²) in [6.07, 6.45) is 2.96. The number of ether oxygens (including phenoxy) is 1. The van der Waals surface area contributed by atoms with Crippen molar-refractivity contribution in [2.75, 3.05) is 20.2 Å². The van der Waals surface area contributed by atoms with Gasteiger partial charge in [0.05, 0.1) is 19.9 Å². The third-order valence-corrected chi connectivity index (χ3v) is 3.29. The Balaban J connectivity index is 1.55. The average molecular weight is 302 g/mol. The Bertz CT molecular complexity index is 567. The van der Waals surface area contributed by atoms with Crippen molar-refractivity contribution in [3.05, 3.63) is 54.0 Å². The lowest BCUT2D eigenvalue weighted by Gasteiger charge is -2.07. The molecule has 0 saturated heterocycles. The van der Waals surface area contributed by atoms with Crippen LogP contribution < -0.4 is 15.4 Å². The predicted octanol–water partition coefficient (Wildman–Crippen LogP) is 2.13. The van der Waals surface area contributed by atoms with Crippen molar-refractivity contribution in [3.8, 4) is 5.75 Å². The zero-order valence-electron chi connectivity index (χ0n) is 12.8. The molecule has 0 fully saturated rings. The van der Waals surface area contributed by atoms with Crippen molar-refractivity contribution in [2.45, 2.75) is 19.4 Å². The van der Waals surface area contributed by atoms with Crippen molar-refractivity contribution < 1.29 is 13.9 Å². The minimum Gasteiger partial charge on any atom is -0.497 e. The van der Waals surface area contributed by atoms with E-state index in [2.05, 4.69) is 16.7 Å². The molecule has 0 spiro atoms. The predicted molar refractivity (Wildman–Crippen MR) is 84.7 cm³/mol. The lowest BCUT2D eigenvalue weighted by molar-refractivity contribution is -0.121. The van der Waals surface area contributed by atoms with Gasteiger partial charge in [-0.15, -0.1) is 0 Å². The molecule has 1 amide bonds. The molecule has 0 aliphatic heterocycles. The number of carbonyl (C=O) groups is 1. The monoisotopic (exact) mass is 302 g/mol. The Labute approximate surface area is 130 Å². The normalized spacial score (nSPS) is 10.4. The highest BCUT2D eigenvalue weighted by molar-refractivity contribution is 5.75. The molecule has 5 heteroatoms. The van der Waals surface area contributed by atoms with Gasteiger partial charge < -0.3 is 19.8 Å². The van der Waals surface area contributed by atoms with E-state index in [0.29, 0.717) is 19.5 Å². The van der Waals surface area contributed by atoms with Gasteiger partial charge in [0, 0.05) is 13.0 Å². The van der Waals surface area contributed by atoms with Gasteiger partial charge in [-0.3, -0.25) is 4.79 Å². The highest BCUT2D eigenvalue weighted by Crippen LogP contribution is 2.12. The fourth-order valence-electron chi connectivity index (χ4n) is 2.07. The molecule has 0 aliphatic carbocycles. The first-order chi connectivity index (χ1) is 10.8. The summed E-state index contributed by atoms with van der Waals surface area (Å²) in [5.41, 5.74) is 1.22. The smallest absolute Gasteiger partial charge is 0.221 e. The molecule has 22 heavy (non-hydrogen) atoms. The zero-order chi connectivity index (χ0) is 15.6. The molecule has 118 valence electrons. The quantitative estimate of drug-likeness (QED) is 0.697. The third-order valence-electron chi connectivity index (χ3n) is 3.29. The fraction of sp³-hybridized carbons (Fsp3) is 0.353. The lowest BCUT2D eigenvalue weighted by Crippen LogP contribution is -2.28. The third kappa shape index (κ3) is 5.61.